The first-order valence-corrected chi connectivity index (χ1v) is 9.74. The molecule has 0 bridgehead atoms. The molecule has 1 aliphatic rings. The Bertz CT molecular complexity index is 980. The van der Waals surface area contributed by atoms with E-state index in [0.717, 1.165) is 35.2 Å². The van der Waals surface area contributed by atoms with Crippen LogP contribution in [0.3, 0.4) is 0 Å². The molecular formula is C20H20N4OS. The van der Waals surface area contributed by atoms with Crippen molar-refractivity contribution in [3.63, 3.8) is 0 Å². The van der Waals surface area contributed by atoms with Crippen LogP contribution in [0.4, 0.5) is 0 Å². The van der Waals surface area contributed by atoms with Gasteiger partial charge in [-0.15, -0.1) is 5.10 Å². The van der Waals surface area contributed by atoms with Gasteiger partial charge in [0.15, 0.2) is 5.78 Å². The number of hydrogen-bond acceptors (Lipinski definition) is 5. The third-order valence-electron chi connectivity index (χ3n) is 4.79. The number of thioether (sulfide) groups is 1. The van der Waals surface area contributed by atoms with E-state index in [4.69, 9.17) is 0 Å². The van der Waals surface area contributed by atoms with Gasteiger partial charge in [-0.1, -0.05) is 36.0 Å². The molecule has 0 amide bonds. The van der Waals surface area contributed by atoms with Crippen LogP contribution in [-0.4, -0.2) is 31.7 Å². The molecule has 3 aromatic rings. The molecule has 1 aliphatic carbocycles. The Kier molecular flexibility index (Phi) is 4.59. The molecule has 5 nitrogen and oxygen atoms in total. The fraction of sp³-hybridized carbons (Fsp3) is 0.300. The lowest BCUT2D eigenvalue weighted by atomic mass is 10.0. The van der Waals surface area contributed by atoms with Gasteiger partial charge in [0.1, 0.15) is 0 Å². The molecule has 26 heavy (non-hydrogen) atoms. The minimum atomic E-state index is 0.111. The van der Waals surface area contributed by atoms with Gasteiger partial charge in [-0.3, -0.25) is 4.79 Å². The van der Waals surface area contributed by atoms with Crippen molar-refractivity contribution in [2.24, 2.45) is 0 Å². The first-order chi connectivity index (χ1) is 12.6. The van der Waals surface area contributed by atoms with Crippen molar-refractivity contribution in [2.75, 3.05) is 5.75 Å². The molecule has 6 heteroatoms. The predicted octanol–water partition coefficient (Wildman–Crippen LogP) is 3.74. The van der Waals surface area contributed by atoms with Gasteiger partial charge >= 0.3 is 0 Å². The minimum absolute atomic E-state index is 0.111. The maximum atomic E-state index is 12.6. The van der Waals surface area contributed by atoms with Crippen LogP contribution in [0.25, 0.3) is 5.69 Å². The average molecular weight is 364 g/mol. The molecule has 0 saturated heterocycles. The zero-order chi connectivity index (χ0) is 18.1. The minimum Gasteiger partial charge on any atom is -0.293 e. The van der Waals surface area contributed by atoms with Crippen LogP contribution in [0.1, 0.15) is 39.0 Å². The summed E-state index contributed by atoms with van der Waals surface area (Å²) in [6.07, 6.45) is 3.39. The summed E-state index contributed by atoms with van der Waals surface area (Å²) >= 11 is 1.38. The molecule has 0 spiro atoms. The lowest BCUT2D eigenvalue weighted by molar-refractivity contribution is 0.102. The maximum Gasteiger partial charge on any atom is 0.214 e. The zero-order valence-corrected chi connectivity index (χ0v) is 15.7. The van der Waals surface area contributed by atoms with Gasteiger partial charge in [0, 0.05) is 5.56 Å². The summed E-state index contributed by atoms with van der Waals surface area (Å²) in [6, 6.07) is 12.3. The highest BCUT2D eigenvalue weighted by Crippen LogP contribution is 2.25. The first-order valence-electron chi connectivity index (χ1n) is 8.75. The van der Waals surface area contributed by atoms with Gasteiger partial charge in [0.2, 0.25) is 5.16 Å². The molecule has 0 unspecified atom stereocenters. The van der Waals surface area contributed by atoms with Crippen molar-refractivity contribution in [3.8, 4) is 5.69 Å². The molecule has 1 aromatic heterocycles. The van der Waals surface area contributed by atoms with Gasteiger partial charge in [-0.2, -0.15) is 4.68 Å². The number of rotatable bonds is 5. The first kappa shape index (κ1) is 17.0. The summed E-state index contributed by atoms with van der Waals surface area (Å²) in [5, 5.41) is 12.6. The summed E-state index contributed by atoms with van der Waals surface area (Å²) in [5.74, 6) is 0.435. The number of benzene rings is 2. The Morgan fingerprint density at radius 2 is 1.96 bits per heavy atom. The average Bonchev–Trinajstić information content (AvgIpc) is 3.29. The summed E-state index contributed by atoms with van der Waals surface area (Å²) in [5.41, 5.74) is 6.67. The molecule has 1 heterocycles. The number of Topliss-reactive ketones (excluding diaryl/α,β-unsaturated/α-hetero) is 1. The second-order valence-electron chi connectivity index (χ2n) is 6.71. The van der Waals surface area contributed by atoms with Crippen LogP contribution in [0.5, 0.6) is 0 Å². The second kappa shape index (κ2) is 7.03. The molecule has 0 fully saturated rings. The van der Waals surface area contributed by atoms with E-state index in [9.17, 15) is 4.79 Å². The number of nitrogens with zero attached hydrogens (tertiary/aromatic N) is 4. The number of carbonyl (C=O) groups excluding carboxylic acids is 1. The van der Waals surface area contributed by atoms with Crippen molar-refractivity contribution < 1.29 is 4.79 Å². The SMILES string of the molecule is Cc1ccc(C)c(-n2nnnc2SCC(=O)c2ccc3c(c2)CCC3)c1. The molecule has 0 N–H and O–H groups in total. The van der Waals surface area contributed by atoms with Crippen LogP contribution in [0, 0.1) is 13.8 Å². The molecule has 2 aromatic carbocycles. The molecular weight excluding hydrogens is 344 g/mol. The third kappa shape index (κ3) is 3.29. The summed E-state index contributed by atoms with van der Waals surface area (Å²) < 4.78 is 1.71. The normalized spacial score (nSPS) is 13.0. The number of aryl methyl sites for hydroxylation is 4. The van der Waals surface area contributed by atoms with Crippen LogP contribution in [0.15, 0.2) is 41.6 Å². The number of tetrazole rings is 1. The Morgan fingerprint density at radius 1 is 1.12 bits per heavy atom. The van der Waals surface area contributed by atoms with Crippen LogP contribution >= 0.6 is 11.8 Å². The zero-order valence-electron chi connectivity index (χ0n) is 14.9. The van der Waals surface area contributed by atoms with E-state index in [-0.39, 0.29) is 5.78 Å². The third-order valence-corrected chi connectivity index (χ3v) is 5.71. The van der Waals surface area contributed by atoms with E-state index in [2.05, 4.69) is 45.9 Å². The molecule has 4 rings (SSSR count). The van der Waals surface area contributed by atoms with Crippen LogP contribution < -0.4 is 0 Å². The molecule has 0 radical (unpaired) electrons. The topological polar surface area (TPSA) is 60.7 Å². The van der Waals surface area contributed by atoms with E-state index in [1.165, 1.54) is 29.3 Å². The van der Waals surface area contributed by atoms with Gasteiger partial charge in [-0.05, 0) is 77.9 Å². The smallest absolute Gasteiger partial charge is 0.214 e. The van der Waals surface area contributed by atoms with Crippen molar-refractivity contribution >= 4 is 17.5 Å². The Morgan fingerprint density at radius 3 is 2.85 bits per heavy atom. The number of aromatic nitrogens is 4. The van der Waals surface area contributed by atoms with Gasteiger partial charge in [-0.25, -0.2) is 0 Å². The number of carbonyl (C=O) groups is 1. The Labute approximate surface area is 156 Å². The molecule has 132 valence electrons. The van der Waals surface area contributed by atoms with Crippen molar-refractivity contribution in [3.05, 3.63) is 64.2 Å². The fourth-order valence-corrected chi connectivity index (χ4v) is 4.10. The summed E-state index contributed by atoms with van der Waals surface area (Å²) in [7, 11) is 0. The van der Waals surface area contributed by atoms with E-state index < -0.39 is 0 Å². The Balaban J connectivity index is 1.51. The van der Waals surface area contributed by atoms with E-state index in [0.29, 0.717) is 10.9 Å². The van der Waals surface area contributed by atoms with Gasteiger partial charge in [0.25, 0.3) is 0 Å². The van der Waals surface area contributed by atoms with Crippen molar-refractivity contribution in [1.29, 1.82) is 0 Å². The van der Waals surface area contributed by atoms with Crippen LogP contribution in [-0.2, 0) is 12.8 Å². The highest BCUT2D eigenvalue weighted by Gasteiger charge is 2.16. The molecule has 0 saturated carbocycles. The van der Waals surface area contributed by atoms with Crippen LogP contribution in [0.2, 0.25) is 0 Å². The predicted molar refractivity (Wildman–Crippen MR) is 102 cm³/mol. The monoisotopic (exact) mass is 364 g/mol. The number of fused-ring (bicyclic) bond motifs is 1. The highest BCUT2D eigenvalue weighted by molar-refractivity contribution is 7.99. The summed E-state index contributed by atoms with van der Waals surface area (Å²) in [4.78, 5) is 12.6. The standard InChI is InChI=1S/C20H20N4OS/c1-13-6-7-14(2)18(10-13)24-20(21-22-23-24)26-12-19(25)17-9-8-15-4-3-5-16(15)11-17/h6-11H,3-5,12H2,1-2H3. The fourth-order valence-electron chi connectivity index (χ4n) is 3.33. The molecule has 0 aliphatic heterocycles. The maximum absolute atomic E-state index is 12.6. The van der Waals surface area contributed by atoms with Crippen molar-refractivity contribution in [2.45, 2.75) is 38.3 Å². The molecule has 0 atom stereocenters. The summed E-state index contributed by atoms with van der Waals surface area (Å²) in [6.45, 7) is 4.07. The highest BCUT2D eigenvalue weighted by atomic mass is 32.2. The van der Waals surface area contributed by atoms with E-state index >= 15 is 0 Å². The largest absolute Gasteiger partial charge is 0.293 e. The van der Waals surface area contributed by atoms with Gasteiger partial charge in [0.05, 0.1) is 11.4 Å². The lowest BCUT2D eigenvalue weighted by Gasteiger charge is -2.08. The number of hydrogen-bond donors (Lipinski definition) is 0. The quantitative estimate of drug-likeness (QED) is 0.510. The van der Waals surface area contributed by atoms with E-state index in [1.807, 2.05) is 19.9 Å². The van der Waals surface area contributed by atoms with Crippen molar-refractivity contribution in [1.82, 2.24) is 20.2 Å². The second-order valence-corrected chi connectivity index (χ2v) is 7.65. The number of ketones is 1. The Hall–Kier alpha value is -2.47. The lowest BCUT2D eigenvalue weighted by Crippen LogP contribution is -2.06. The van der Waals surface area contributed by atoms with Gasteiger partial charge < -0.3 is 0 Å². The van der Waals surface area contributed by atoms with E-state index in [1.54, 1.807) is 4.68 Å².